The van der Waals surface area contributed by atoms with E-state index in [1.54, 1.807) is 14.2 Å². The van der Waals surface area contributed by atoms with Crippen LogP contribution < -0.4 is 14.2 Å². The number of methoxy groups -OCH3 is 2. The number of rotatable bonds is 11. The zero-order valence-electron chi connectivity index (χ0n) is 16.9. The van der Waals surface area contributed by atoms with Crippen LogP contribution in [0.4, 0.5) is 0 Å². The molecule has 0 aliphatic rings. The molecule has 0 atom stereocenters. The van der Waals surface area contributed by atoms with E-state index >= 15 is 0 Å². The van der Waals surface area contributed by atoms with Gasteiger partial charge in [-0.15, -0.1) is 0 Å². The molecule has 0 bridgehead atoms. The molecule has 0 saturated carbocycles. The Kier molecular flexibility index (Phi) is 8.49. The summed E-state index contributed by atoms with van der Waals surface area (Å²) in [4.78, 5) is 0. The van der Waals surface area contributed by atoms with E-state index in [1.807, 2.05) is 30.3 Å². The fourth-order valence-corrected chi connectivity index (χ4v) is 3.69. The minimum absolute atomic E-state index is 0.0712. The molecule has 4 heteroatoms. The fourth-order valence-electron chi connectivity index (χ4n) is 3.13. The Morgan fingerprint density at radius 1 is 0.852 bits per heavy atom. The third kappa shape index (κ3) is 6.46. The average molecular weight is 435 g/mol. The van der Waals surface area contributed by atoms with E-state index in [-0.39, 0.29) is 5.41 Å². The van der Waals surface area contributed by atoms with Gasteiger partial charge in [0.1, 0.15) is 21.7 Å². The average Bonchev–Trinajstić information content (AvgIpc) is 2.68. The standard InChI is InChI=1S/C23H31BrO3/c1-23(2,18-16-20(25-3)22(24)21(17-18)26-4)14-10-5-6-11-15-27-19-12-8-7-9-13-19/h7-9,12-13,16-17H,5-6,10-11,14-15H2,1-4H3. The van der Waals surface area contributed by atoms with Crippen molar-refractivity contribution in [3.63, 3.8) is 0 Å². The molecule has 0 aliphatic heterocycles. The molecule has 0 aromatic heterocycles. The summed E-state index contributed by atoms with van der Waals surface area (Å²) in [5.41, 5.74) is 1.31. The lowest BCUT2D eigenvalue weighted by atomic mass is 9.80. The second-order valence-electron chi connectivity index (χ2n) is 7.40. The molecule has 2 aromatic rings. The first-order valence-electron chi connectivity index (χ1n) is 9.58. The van der Waals surface area contributed by atoms with Crippen LogP contribution in [0.25, 0.3) is 0 Å². The fraction of sp³-hybridized carbons (Fsp3) is 0.478. The van der Waals surface area contributed by atoms with Gasteiger partial charge in [-0.25, -0.2) is 0 Å². The summed E-state index contributed by atoms with van der Waals surface area (Å²) in [6.07, 6.45) is 5.82. The quantitative estimate of drug-likeness (QED) is 0.365. The van der Waals surface area contributed by atoms with Crippen molar-refractivity contribution in [3.8, 4) is 17.2 Å². The minimum atomic E-state index is 0.0712. The normalized spacial score (nSPS) is 11.3. The molecule has 0 N–H and O–H groups in total. The highest BCUT2D eigenvalue weighted by Crippen LogP contribution is 2.40. The second-order valence-corrected chi connectivity index (χ2v) is 8.20. The molecule has 0 aliphatic carbocycles. The predicted octanol–water partition coefficient (Wildman–Crippen LogP) is 6.77. The van der Waals surface area contributed by atoms with Crippen LogP contribution in [0.3, 0.4) is 0 Å². The van der Waals surface area contributed by atoms with Crippen molar-refractivity contribution in [3.05, 3.63) is 52.5 Å². The minimum Gasteiger partial charge on any atom is -0.495 e. The summed E-state index contributed by atoms with van der Waals surface area (Å²) < 4.78 is 17.6. The Morgan fingerprint density at radius 3 is 2.04 bits per heavy atom. The van der Waals surface area contributed by atoms with Crippen LogP contribution in [0.1, 0.15) is 51.5 Å². The van der Waals surface area contributed by atoms with Crippen molar-refractivity contribution in [2.75, 3.05) is 20.8 Å². The SMILES string of the molecule is COc1cc(C(C)(C)CCCCCCOc2ccccc2)cc(OC)c1Br. The Morgan fingerprint density at radius 2 is 1.44 bits per heavy atom. The molecule has 27 heavy (non-hydrogen) atoms. The van der Waals surface area contributed by atoms with Gasteiger partial charge in [-0.2, -0.15) is 0 Å². The molecule has 0 amide bonds. The van der Waals surface area contributed by atoms with Crippen molar-refractivity contribution in [1.82, 2.24) is 0 Å². The summed E-state index contributed by atoms with van der Waals surface area (Å²) in [7, 11) is 3.38. The van der Waals surface area contributed by atoms with Gasteiger partial charge in [0, 0.05) is 0 Å². The van der Waals surface area contributed by atoms with Crippen LogP contribution in [0, 0.1) is 0 Å². The zero-order valence-corrected chi connectivity index (χ0v) is 18.5. The highest BCUT2D eigenvalue weighted by molar-refractivity contribution is 9.10. The molecule has 2 aromatic carbocycles. The van der Waals surface area contributed by atoms with Crippen LogP contribution in [0.2, 0.25) is 0 Å². The molecule has 3 nitrogen and oxygen atoms in total. The van der Waals surface area contributed by atoms with E-state index in [4.69, 9.17) is 14.2 Å². The van der Waals surface area contributed by atoms with Crippen molar-refractivity contribution in [1.29, 1.82) is 0 Å². The van der Waals surface area contributed by atoms with Gasteiger partial charge < -0.3 is 14.2 Å². The Balaban J connectivity index is 1.77. The van der Waals surface area contributed by atoms with Crippen molar-refractivity contribution in [2.45, 2.75) is 51.4 Å². The van der Waals surface area contributed by atoms with Gasteiger partial charge in [0.05, 0.1) is 20.8 Å². The first kappa shape index (κ1) is 21.6. The highest BCUT2D eigenvalue weighted by Gasteiger charge is 2.23. The van der Waals surface area contributed by atoms with Crippen LogP contribution in [0.15, 0.2) is 46.9 Å². The van der Waals surface area contributed by atoms with Gasteiger partial charge in [0.15, 0.2) is 0 Å². The second kappa shape index (κ2) is 10.6. The molecule has 2 rings (SSSR count). The zero-order chi connectivity index (χ0) is 19.7. The third-order valence-electron chi connectivity index (χ3n) is 4.94. The summed E-state index contributed by atoms with van der Waals surface area (Å²) in [5, 5.41) is 0. The van der Waals surface area contributed by atoms with E-state index < -0.39 is 0 Å². The molecular formula is C23H31BrO3. The number of hydrogen-bond donors (Lipinski definition) is 0. The number of para-hydroxylation sites is 1. The van der Waals surface area contributed by atoms with E-state index in [2.05, 4.69) is 41.9 Å². The maximum atomic E-state index is 5.75. The van der Waals surface area contributed by atoms with Crippen LogP contribution in [-0.4, -0.2) is 20.8 Å². The van der Waals surface area contributed by atoms with Crippen LogP contribution >= 0.6 is 15.9 Å². The van der Waals surface area contributed by atoms with Gasteiger partial charge in [0.25, 0.3) is 0 Å². The molecule has 0 unspecified atom stereocenters. The molecule has 0 radical (unpaired) electrons. The van der Waals surface area contributed by atoms with E-state index in [0.717, 1.165) is 41.2 Å². The number of ether oxygens (including phenoxy) is 3. The Labute approximate surface area is 172 Å². The van der Waals surface area contributed by atoms with E-state index in [9.17, 15) is 0 Å². The maximum absolute atomic E-state index is 5.75. The number of halogens is 1. The first-order chi connectivity index (χ1) is 13.0. The van der Waals surface area contributed by atoms with Crippen molar-refractivity contribution in [2.24, 2.45) is 0 Å². The maximum Gasteiger partial charge on any atom is 0.137 e. The lowest BCUT2D eigenvalue weighted by Gasteiger charge is -2.27. The van der Waals surface area contributed by atoms with Gasteiger partial charge in [-0.05, 0) is 64.0 Å². The van der Waals surface area contributed by atoms with Crippen LogP contribution in [-0.2, 0) is 5.41 Å². The smallest absolute Gasteiger partial charge is 0.137 e. The highest BCUT2D eigenvalue weighted by atomic mass is 79.9. The topological polar surface area (TPSA) is 27.7 Å². The lowest BCUT2D eigenvalue weighted by Crippen LogP contribution is -2.17. The first-order valence-corrected chi connectivity index (χ1v) is 10.4. The largest absolute Gasteiger partial charge is 0.495 e. The number of unbranched alkanes of at least 4 members (excludes halogenated alkanes) is 3. The third-order valence-corrected chi connectivity index (χ3v) is 5.72. The predicted molar refractivity (Wildman–Crippen MR) is 115 cm³/mol. The molecule has 0 spiro atoms. The molecular weight excluding hydrogens is 404 g/mol. The summed E-state index contributed by atoms with van der Waals surface area (Å²) in [6.45, 7) is 5.36. The van der Waals surface area contributed by atoms with Gasteiger partial charge in [-0.1, -0.05) is 51.3 Å². The number of hydrogen-bond acceptors (Lipinski definition) is 3. The monoisotopic (exact) mass is 434 g/mol. The van der Waals surface area contributed by atoms with Crippen molar-refractivity contribution < 1.29 is 14.2 Å². The van der Waals surface area contributed by atoms with Crippen molar-refractivity contribution >= 4 is 15.9 Å². The molecule has 0 saturated heterocycles. The summed E-state index contributed by atoms with van der Waals surface area (Å²) in [5.74, 6) is 2.59. The van der Waals surface area contributed by atoms with E-state index in [0.29, 0.717) is 0 Å². The summed E-state index contributed by atoms with van der Waals surface area (Å²) >= 11 is 3.55. The summed E-state index contributed by atoms with van der Waals surface area (Å²) in [6, 6.07) is 14.2. The Hall–Kier alpha value is -1.68. The van der Waals surface area contributed by atoms with Crippen LogP contribution in [0.5, 0.6) is 17.2 Å². The lowest BCUT2D eigenvalue weighted by molar-refractivity contribution is 0.303. The van der Waals surface area contributed by atoms with Gasteiger partial charge in [0.2, 0.25) is 0 Å². The van der Waals surface area contributed by atoms with E-state index in [1.165, 1.54) is 24.8 Å². The Bertz CT molecular complexity index is 673. The molecule has 0 heterocycles. The van der Waals surface area contributed by atoms with Gasteiger partial charge in [-0.3, -0.25) is 0 Å². The molecule has 0 fully saturated rings. The molecule has 148 valence electrons. The number of benzene rings is 2. The van der Waals surface area contributed by atoms with Gasteiger partial charge >= 0.3 is 0 Å².